The first-order valence-electron chi connectivity index (χ1n) is 9.59. The maximum absolute atomic E-state index is 12.8. The van der Waals surface area contributed by atoms with Gasteiger partial charge in [-0.2, -0.15) is 0 Å². The number of hydrogen-bond acceptors (Lipinski definition) is 6. The number of carbonyl (C=O) groups excluding carboxylic acids is 2. The summed E-state index contributed by atoms with van der Waals surface area (Å²) in [7, 11) is 2.95. The van der Waals surface area contributed by atoms with Gasteiger partial charge in [0.25, 0.3) is 5.91 Å². The molecular weight excluding hydrogens is 402 g/mol. The lowest BCUT2D eigenvalue weighted by atomic mass is 10.1. The topological polar surface area (TPSA) is 73.9 Å². The van der Waals surface area contributed by atoms with Crippen molar-refractivity contribution in [1.29, 1.82) is 0 Å². The lowest BCUT2D eigenvalue weighted by Crippen LogP contribution is -2.12. The number of amides is 1. The molecule has 7 heteroatoms. The highest BCUT2D eigenvalue weighted by Crippen LogP contribution is 2.29. The summed E-state index contributed by atoms with van der Waals surface area (Å²) < 4.78 is 16.8. The smallest absolute Gasteiger partial charge is 0.348 e. The van der Waals surface area contributed by atoms with Crippen molar-refractivity contribution in [2.24, 2.45) is 5.92 Å². The second-order valence-corrected chi connectivity index (χ2v) is 8.33. The summed E-state index contributed by atoms with van der Waals surface area (Å²) in [5, 5.41) is 3.78. The quantitative estimate of drug-likeness (QED) is 0.505. The Morgan fingerprint density at radius 3 is 2.57 bits per heavy atom. The summed E-state index contributed by atoms with van der Waals surface area (Å²) in [6.45, 7) is 5.17. The Morgan fingerprint density at radius 2 is 1.87 bits per heavy atom. The van der Waals surface area contributed by atoms with E-state index in [0.717, 1.165) is 15.6 Å². The molecule has 1 N–H and O–H groups in total. The van der Waals surface area contributed by atoms with Crippen LogP contribution in [0.15, 0.2) is 42.5 Å². The molecule has 0 unspecified atom stereocenters. The third-order valence-electron chi connectivity index (χ3n) is 4.41. The van der Waals surface area contributed by atoms with Crippen molar-refractivity contribution >= 4 is 39.0 Å². The second-order valence-electron chi connectivity index (χ2n) is 7.24. The largest absolute Gasteiger partial charge is 0.496 e. The Bertz CT molecular complexity index is 1060. The van der Waals surface area contributed by atoms with Crippen LogP contribution < -0.4 is 10.1 Å². The molecule has 0 saturated heterocycles. The summed E-state index contributed by atoms with van der Waals surface area (Å²) in [6, 6.07) is 12.6. The molecule has 0 atom stereocenters. The average molecular weight is 428 g/mol. The number of benzene rings is 2. The number of ether oxygens (including phenoxy) is 3. The first-order valence-corrected chi connectivity index (χ1v) is 10.4. The molecule has 0 aliphatic heterocycles. The SMILES string of the molecule is COC(=O)c1cc2cc(NC(=O)c3ccc(OC)c(COCC(C)C)c3)ccc2s1. The minimum atomic E-state index is -0.368. The molecule has 0 spiro atoms. The van der Waals surface area contributed by atoms with E-state index in [1.165, 1.54) is 18.4 Å². The molecule has 0 fully saturated rings. The molecule has 2 aromatic carbocycles. The van der Waals surface area contributed by atoms with Gasteiger partial charge >= 0.3 is 5.97 Å². The zero-order valence-electron chi connectivity index (χ0n) is 17.5. The number of nitrogens with one attached hydrogen (secondary N) is 1. The van der Waals surface area contributed by atoms with E-state index in [1.807, 2.05) is 18.2 Å². The van der Waals surface area contributed by atoms with Crippen molar-refractivity contribution in [2.75, 3.05) is 26.1 Å². The van der Waals surface area contributed by atoms with Crippen LogP contribution in [-0.2, 0) is 16.1 Å². The van der Waals surface area contributed by atoms with Gasteiger partial charge in [0.2, 0.25) is 0 Å². The average Bonchev–Trinajstić information content (AvgIpc) is 3.16. The molecule has 1 amide bonds. The van der Waals surface area contributed by atoms with Crippen LogP contribution in [0.3, 0.4) is 0 Å². The van der Waals surface area contributed by atoms with E-state index in [2.05, 4.69) is 19.2 Å². The van der Waals surface area contributed by atoms with Crippen LogP contribution in [0.25, 0.3) is 10.1 Å². The normalized spacial score (nSPS) is 11.0. The Balaban J connectivity index is 1.77. The Labute approximate surface area is 179 Å². The molecule has 1 heterocycles. The number of esters is 1. The molecule has 30 heavy (non-hydrogen) atoms. The van der Waals surface area contributed by atoms with Gasteiger partial charge in [0.05, 0.1) is 20.8 Å². The lowest BCUT2D eigenvalue weighted by molar-refractivity contribution is 0.0606. The molecular formula is C23H25NO5S. The summed E-state index contributed by atoms with van der Waals surface area (Å²) in [4.78, 5) is 25.0. The molecule has 0 aliphatic carbocycles. The standard InChI is InChI=1S/C23H25NO5S/c1-14(2)12-29-13-17-9-15(5-7-19(17)27-3)22(25)24-18-6-8-20-16(10-18)11-21(30-20)23(26)28-4/h5-11,14H,12-13H2,1-4H3,(H,24,25). The van der Waals surface area contributed by atoms with Crippen LogP contribution in [0.2, 0.25) is 0 Å². The van der Waals surface area contributed by atoms with Crippen LogP contribution in [0.1, 0.15) is 39.4 Å². The van der Waals surface area contributed by atoms with Crippen LogP contribution in [0.5, 0.6) is 5.75 Å². The van der Waals surface area contributed by atoms with Crippen LogP contribution in [0.4, 0.5) is 5.69 Å². The fourth-order valence-electron chi connectivity index (χ4n) is 2.96. The van der Waals surface area contributed by atoms with Gasteiger partial charge in [0.1, 0.15) is 10.6 Å². The van der Waals surface area contributed by atoms with Gasteiger partial charge in [-0.05, 0) is 53.8 Å². The molecule has 0 aliphatic rings. The highest BCUT2D eigenvalue weighted by Gasteiger charge is 2.13. The van der Waals surface area contributed by atoms with Gasteiger partial charge < -0.3 is 19.5 Å². The molecule has 3 rings (SSSR count). The van der Waals surface area contributed by atoms with Gasteiger partial charge in [-0.3, -0.25) is 4.79 Å². The number of carbonyl (C=O) groups is 2. The van der Waals surface area contributed by atoms with Crippen molar-refractivity contribution in [2.45, 2.75) is 20.5 Å². The zero-order chi connectivity index (χ0) is 21.7. The Kier molecular flexibility index (Phi) is 7.07. The van der Waals surface area contributed by atoms with Gasteiger partial charge in [-0.15, -0.1) is 11.3 Å². The molecule has 0 bridgehead atoms. The highest BCUT2D eigenvalue weighted by molar-refractivity contribution is 7.20. The minimum Gasteiger partial charge on any atom is -0.496 e. The maximum Gasteiger partial charge on any atom is 0.348 e. The number of fused-ring (bicyclic) bond motifs is 1. The van der Waals surface area contributed by atoms with Crippen molar-refractivity contribution < 1.29 is 23.8 Å². The van der Waals surface area contributed by atoms with Gasteiger partial charge in [-0.25, -0.2) is 4.79 Å². The number of anilines is 1. The molecule has 1 aromatic heterocycles. The first kappa shape index (κ1) is 21.8. The fourth-order valence-corrected chi connectivity index (χ4v) is 3.92. The minimum absolute atomic E-state index is 0.231. The van der Waals surface area contributed by atoms with Gasteiger partial charge in [0.15, 0.2) is 0 Å². The third kappa shape index (κ3) is 5.17. The lowest BCUT2D eigenvalue weighted by Gasteiger charge is -2.13. The number of methoxy groups -OCH3 is 2. The van der Waals surface area contributed by atoms with Crippen molar-refractivity contribution in [3.63, 3.8) is 0 Å². The van der Waals surface area contributed by atoms with Crippen molar-refractivity contribution in [3.8, 4) is 5.75 Å². The molecule has 0 saturated carbocycles. The van der Waals surface area contributed by atoms with E-state index < -0.39 is 0 Å². The summed E-state index contributed by atoms with van der Waals surface area (Å²) in [5.41, 5.74) is 1.98. The van der Waals surface area contributed by atoms with Crippen LogP contribution >= 0.6 is 11.3 Å². The fraction of sp³-hybridized carbons (Fsp3) is 0.304. The Morgan fingerprint density at radius 1 is 1.07 bits per heavy atom. The van der Waals surface area contributed by atoms with Gasteiger partial charge in [-0.1, -0.05) is 13.8 Å². The van der Waals surface area contributed by atoms with E-state index in [1.54, 1.807) is 31.4 Å². The zero-order valence-corrected chi connectivity index (χ0v) is 18.3. The third-order valence-corrected chi connectivity index (χ3v) is 5.51. The molecule has 3 aromatic rings. The molecule has 6 nitrogen and oxygen atoms in total. The second kappa shape index (κ2) is 9.73. The van der Waals surface area contributed by atoms with Crippen molar-refractivity contribution in [1.82, 2.24) is 0 Å². The molecule has 0 radical (unpaired) electrons. The van der Waals surface area contributed by atoms with E-state index >= 15 is 0 Å². The molecule has 158 valence electrons. The van der Waals surface area contributed by atoms with Gasteiger partial charge in [0, 0.05) is 28.1 Å². The first-order chi connectivity index (χ1) is 14.4. The maximum atomic E-state index is 12.8. The van der Waals surface area contributed by atoms with E-state index in [0.29, 0.717) is 41.0 Å². The van der Waals surface area contributed by atoms with Crippen LogP contribution in [0, 0.1) is 5.92 Å². The summed E-state index contributed by atoms with van der Waals surface area (Å²) >= 11 is 1.35. The summed E-state index contributed by atoms with van der Waals surface area (Å²) in [5.74, 6) is 0.511. The Hall–Kier alpha value is -2.90. The number of rotatable bonds is 8. The predicted octanol–water partition coefficient (Wildman–Crippen LogP) is 5.12. The van der Waals surface area contributed by atoms with E-state index in [4.69, 9.17) is 14.2 Å². The van der Waals surface area contributed by atoms with Crippen molar-refractivity contribution in [3.05, 3.63) is 58.5 Å². The predicted molar refractivity (Wildman–Crippen MR) is 119 cm³/mol. The highest BCUT2D eigenvalue weighted by atomic mass is 32.1. The summed E-state index contributed by atoms with van der Waals surface area (Å²) in [6.07, 6.45) is 0. The monoisotopic (exact) mass is 427 g/mol. The number of hydrogen-bond donors (Lipinski definition) is 1. The van der Waals surface area contributed by atoms with E-state index in [9.17, 15) is 9.59 Å². The number of thiophene rings is 1. The van der Waals surface area contributed by atoms with E-state index in [-0.39, 0.29) is 11.9 Å². The van der Waals surface area contributed by atoms with Crippen LogP contribution in [-0.4, -0.2) is 32.7 Å².